The molecule has 166 valence electrons. The first-order chi connectivity index (χ1) is 13.6. The fraction of sp³-hybridized carbons (Fsp3) is 0.682. The Morgan fingerprint density at radius 2 is 1.90 bits per heavy atom. The van der Waals surface area contributed by atoms with Crippen molar-refractivity contribution in [3.8, 4) is 11.5 Å². The Balaban J connectivity index is 0.00000420. The van der Waals surface area contributed by atoms with E-state index in [2.05, 4.69) is 40.1 Å². The van der Waals surface area contributed by atoms with Crippen LogP contribution in [0.3, 0.4) is 0 Å². The van der Waals surface area contributed by atoms with Crippen LogP contribution in [-0.4, -0.2) is 76.8 Å². The molecule has 29 heavy (non-hydrogen) atoms. The zero-order valence-corrected chi connectivity index (χ0v) is 21.1. The van der Waals surface area contributed by atoms with E-state index in [4.69, 9.17) is 9.47 Å². The van der Waals surface area contributed by atoms with Crippen LogP contribution in [0.15, 0.2) is 23.2 Å². The third kappa shape index (κ3) is 8.20. The number of likely N-dealkylation sites (tertiary alicyclic amines) is 1. The Morgan fingerprint density at radius 3 is 2.48 bits per heavy atom. The van der Waals surface area contributed by atoms with E-state index in [9.17, 15) is 0 Å². The molecule has 6 nitrogen and oxygen atoms in total. The van der Waals surface area contributed by atoms with Gasteiger partial charge in [0.1, 0.15) is 0 Å². The lowest BCUT2D eigenvalue weighted by atomic mass is 9.93. The summed E-state index contributed by atoms with van der Waals surface area (Å²) in [4.78, 5) is 9.19. The van der Waals surface area contributed by atoms with Gasteiger partial charge in [0.2, 0.25) is 0 Å². The van der Waals surface area contributed by atoms with Crippen molar-refractivity contribution in [1.82, 2.24) is 15.1 Å². The highest BCUT2D eigenvalue weighted by atomic mass is 127. The molecule has 0 aromatic heterocycles. The molecule has 0 radical (unpaired) electrons. The summed E-state index contributed by atoms with van der Waals surface area (Å²) < 4.78 is 10.7. The summed E-state index contributed by atoms with van der Waals surface area (Å²) in [6.07, 6.45) is 4.79. The number of aliphatic imine (C=N–C) groups is 1. The monoisotopic (exact) mass is 518 g/mol. The number of nitrogens with zero attached hydrogens (tertiary/aromatic N) is 3. The summed E-state index contributed by atoms with van der Waals surface area (Å²) in [5, 5.41) is 3.54. The average Bonchev–Trinajstić information content (AvgIpc) is 2.75. The van der Waals surface area contributed by atoms with Gasteiger partial charge in [0.25, 0.3) is 0 Å². The minimum absolute atomic E-state index is 0. The first-order valence-corrected chi connectivity index (χ1v) is 10.5. The maximum absolute atomic E-state index is 5.40. The van der Waals surface area contributed by atoms with E-state index in [0.717, 1.165) is 42.9 Å². The zero-order valence-electron chi connectivity index (χ0n) is 18.7. The second-order valence-corrected chi connectivity index (χ2v) is 7.50. The van der Waals surface area contributed by atoms with Crippen molar-refractivity contribution in [2.24, 2.45) is 10.9 Å². The average molecular weight is 518 g/mol. The summed E-state index contributed by atoms with van der Waals surface area (Å²) in [6.45, 7) is 7.82. The second kappa shape index (κ2) is 13.9. The Labute approximate surface area is 194 Å². The maximum atomic E-state index is 5.40. The minimum atomic E-state index is 0. The largest absolute Gasteiger partial charge is 0.493 e. The van der Waals surface area contributed by atoms with Crippen LogP contribution >= 0.6 is 24.0 Å². The Bertz CT molecular complexity index is 619. The first-order valence-electron chi connectivity index (χ1n) is 10.5. The molecule has 1 N–H and O–H groups in total. The highest BCUT2D eigenvalue weighted by Crippen LogP contribution is 2.27. The topological polar surface area (TPSA) is 49.3 Å². The third-order valence-electron chi connectivity index (χ3n) is 5.75. The summed E-state index contributed by atoms with van der Waals surface area (Å²) in [6, 6.07) is 6.10. The van der Waals surface area contributed by atoms with Crippen molar-refractivity contribution in [3.05, 3.63) is 23.8 Å². The molecular formula is C22H39IN4O2. The van der Waals surface area contributed by atoms with Crippen molar-refractivity contribution in [1.29, 1.82) is 0 Å². The zero-order chi connectivity index (χ0) is 20.4. The summed E-state index contributed by atoms with van der Waals surface area (Å²) in [5.74, 6) is 3.35. The highest BCUT2D eigenvalue weighted by molar-refractivity contribution is 14.0. The van der Waals surface area contributed by atoms with Gasteiger partial charge in [0.15, 0.2) is 17.5 Å². The summed E-state index contributed by atoms with van der Waals surface area (Å²) in [5.41, 5.74) is 1.22. The highest BCUT2D eigenvalue weighted by Gasteiger charge is 2.18. The molecule has 1 aliphatic heterocycles. The molecule has 2 rings (SSSR count). The summed E-state index contributed by atoms with van der Waals surface area (Å²) >= 11 is 0. The molecule has 1 heterocycles. The quantitative estimate of drug-likeness (QED) is 0.308. The molecule has 0 saturated carbocycles. The predicted octanol–water partition coefficient (Wildman–Crippen LogP) is 3.49. The van der Waals surface area contributed by atoms with Crippen LogP contribution in [0.2, 0.25) is 0 Å². The lowest BCUT2D eigenvalue weighted by Crippen LogP contribution is -2.41. The molecule has 0 amide bonds. The molecule has 7 heteroatoms. The third-order valence-corrected chi connectivity index (χ3v) is 5.75. The molecule has 1 fully saturated rings. The molecular weight excluding hydrogens is 479 g/mol. The van der Waals surface area contributed by atoms with E-state index >= 15 is 0 Å². The van der Waals surface area contributed by atoms with Crippen molar-refractivity contribution in [2.75, 3.05) is 61.0 Å². The number of nitrogens with one attached hydrogen (secondary N) is 1. The van der Waals surface area contributed by atoms with Gasteiger partial charge in [-0.25, -0.2) is 0 Å². The van der Waals surface area contributed by atoms with Crippen LogP contribution in [0.4, 0.5) is 0 Å². The van der Waals surface area contributed by atoms with E-state index in [0.29, 0.717) is 0 Å². The minimum Gasteiger partial charge on any atom is -0.493 e. The molecule has 1 saturated heterocycles. The normalized spacial score (nSPS) is 15.6. The molecule has 0 atom stereocenters. The number of benzene rings is 1. The van der Waals surface area contributed by atoms with Crippen molar-refractivity contribution >= 4 is 29.9 Å². The number of hydrogen-bond donors (Lipinski definition) is 1. The molecule has 0 unspecified atom stereocenters. The number of hydrogen-bond acceptors (Lipinski definition) is 4. The number of guanidine groups is 1. The van der Waals surface area contributed by atoms with Gasteiger partial charge in [-0.3, -0.25) is 4.99 Å². The van der Waals surface area contributed by atoms with Gasteiger partial charge in [-0.15, -0.1) is 24.0 Å². The van der Waals surface area contributed by atoms with Gasteiger partial charge < -0.3 is 24.6 Å². The van der Waals surface area contributed by atoms with Gasteiger partial charge in [0, 0.05) is 27.2 Å². The lowest BCUT2D eigenvalue weighted by Gasteiger charge is -2.31. The smallest absolute Gasteiger partial charge is 0.193 e. The Morgan fingerprint density at radius 1 is 1.21 bits per heavy atom. The van der Waals surface area contributed by atoms with Crippen LogP contribution < -0.4 is 14.8 Å². The van der Waals surface area contributed by atoms with Gasteiger partial charge in [-0.05, 0) is 68.9 Å². The van der Waals surface area contributed by atoms with Gasteiger partial charge in [-0.2, -0.15) is 0 Å². The van der Waals surface area contributed by atoms with E-state index in [1.165, 1.54) is 44.5 Å². The number of piperidine rings is 1. The standard InChI is InChI=1S/C22H38N4O2.HI/c1-6-26-15-11-18(12-16-26)9-13-24-22(23-2)25(3)14-10-19-7-8-20(27-4)21(17-19)28-5;/h7-8,17-18H,6,9-16H2,1-5H3,(H,23,24);1H. The predicted molar refractivity (Wildman–Crippen MR) is 132 cm³/mol. The molecule has 0 aliphatic carbocycles. The van der Waals surface area contributed by atoms with Crippen molar-refractivity contribution in [2.45, 2.75) is 32.6 Å². The van der Waals surface area contributed by atoms with Gasteiger partial charge in [0.05, 0.1) is 14.2 Å². The first kappa shape index (κ1) is 25.8. The molecule has 0 spiro atoms. The van der Waals surface area contributed by atoms with Crippen LogP contribution in [-0.2, 0) is 6.42 Å². The Hall–Kier alpha value is -1.22. The van der Waals surface area contributed by atoms with Crippen LogP contribution in [0.5, 0.6) is 11.5 Å². The van der Waals surface area contributed by atoms with Crippen molar-refractivity contribution < 1.29 is 9.47 Å². The van der Waals surface area contributed by atoms with Crippen LogP contribution in [0.25, 0.3) is 0 Å². The second-order valence-electron chi connectivity index (χ2n) is 7.50. The SMILES string of the molecule is CCN1CCC(CCNC(=NC)N(C)CCc2ccc(OC)c(OC)c2)CC1.I. The van der Waals surface area contributed by atoms with Gasteiger partial charge >= 0.3 is 0 Å². The van der Waals surface area contributed by atoms with Crippen LogP contribution in [0.1, 0.15) is 31.7 Å². The fourth-order valence-corrected chi connectivity index (χ4v) is 3.80. The molecule has 0 bridgehead atoms. The number of likely N-dealkylation sites (N-methyl/N-ethyl adjacent to an activating group) is 1. The van der Waals surface area contributed by atoms with Crippen molar-refractivity contribution in [3.63, 3.8) is 0 Å². The van der Waals surface area contributed by atoms with Gasteiger partial charge in [-0.1, -0.05) is 13.0 Å². The van der Waals surface area contributed by atoms with E-state index in [1.807, 2.05) is 19.2 Å². The maximum Gasteiger partial charge on any atom is 0.193 e. The summed E-state index contributed by atoms with van der Waals surface area (Å²) in [7, 11) is 7.28. The molecule has 1 aliphatic rings. The Kier molecular flexibility index (Phi) is 12.4. The number of methoxy groups -OCH3 is 2. The molecule has 1 aromatic rings. The number of rotatable bonds is 9. The van der Waals surface area contributed by atoms with E-state index < -0.39 is 0 Å². The van der Waals surface area contributed by atoms with Crippen LogP contribution in [0, 0.1) is 5.92 Å². The van der Waals surface area contributed by atoms with E-state index in [-0.39, 0.29) is 24.0 Å². The number of halogens is 1. The fourth-order valence-electron chi connectivity index (χ4n) is 3.80. The molecule has 1 aromatic carbocycles. The number of ether oxygens (including phenoxy) is 2. The lowest BCUT2D eigenvalue weighted by molar-refractivity contribution is 0.187. The van der Waals surface area contributed by atoms with E-state index in [1.54, 1.807) is 14.2 Å².